The Bertz CT molecular complexity index is 1190. The molecule has 9 nitrogen and oxygen atoms in total. The lowest BCUT2D eigenvalue weighted by atomic mass is 10.0. The Morgan fingerprint density at radius 1 is 1.09 bits per heavy atom. The Morgan fingerprint density at radius 3 is 2.67 bits per heavy atom. The van der Waals surface area contributed by atoms with Crippen LogP contribution in [0.4, 0.5) is 5.82 Å². The highest BCUT2D eigenvalue weighted by Gasteiger charge is 2.34. The van der Waals surface area contributed by atoms with Crippen LogP contribution >= 0.6 is 0 Å². The lowest BCUT2D eigenvalue weighted by molar-refractivity contribution is -0.118. The Balaban J connectivity index is 1.37. The van der Waals surface area contributed by atoms with Crippen LogP contribution in [0.15, 0.2) is 35.0 Å². The second-order valence-electron chi connectivity index (χ2n) is 8.69. The average Bonchev–Trinajstić information content (AvgIpc) is 3.48. The highest BCUT2D eigenvalue weighted by atomic mass is 16.6. The van der Waals surface area contributed by atoms with Crippen molar-refractivity contribution in [3.63, 3.8) is 0 Å². The van der Waals surface area contributed by atoms with E-state index in [1.807, 2.05) is 30.0 Å². The van der Waals surface area contributed by atoms with Crippen LogP contribution in [0.5, 0.6) is 0 Å². The Morgan fingerprint density at radius 2 is 1.91 bits per heavy atom. The number of rotatable bonds is 5. The quantitative estimate of drug-likeness (QED) is 0.593. The zero-order chi connectivity index (χ0) is 22.9. The topological polar surface area (TPSA) is 105 Å². The number of aromatic nitrogens is 4. The molecule has 33 heavy (non-hydrogen) atoms. The number of hydrogen-bond acceptors (Lipinski definition) is 7. The zero-order valence-corrected chi connectivity index (χ0v) is 18.8. The minimum Gasteiger partial charge on any atom is -0.336 e. The Hall–Kier alpha value is -3.62. The number of benzene rings is 1. The lowest BCUT2D eigenvalue weighted by Gasteiger charge is -2.30. The van der Waals surface area contributed by atoms with Crippen molar-refractivity contribution in [2.45, 2.75) is 45.4 Å². The molecule has 2 aromatic heterocycles. The normalized spacial score (nSPS) is 18.0. The largest absolute Gasteiger partial charge is 0.336 e. The highest BCUT2D eigenvalue weighted by molar-refractivity contribution is 5.95. The first-order valence-corrected chi connectivity index (χ1v) is 11.3. The number of amides is 2. The van der Waals surface area contributed by atoms with E-state index in [1.165, 1.54) is 5.56 Å². The molecular formula is C24H26N6O3. The SMILES string of the molecule is Cc1nonc1C(=O)N1CC[C@H](c2nc(C)c3c(n2)N(CCc2ccccc2)C(=O)CC3)C1. The van der Waals surface area contributed by atoms with E-state index in [2.05, 4.69) is 27.1 Å². The summed E-state index contributed by atoms with van der Waals surface area (Å²) in [6, 6.07) is 10.2. The summed E-state index contributed by atoms with van der Waals surface area (Å²) in [4.78, 5) is 38.8. The first kappa shape index (κ1) is 21.2. The molecule has 0 spiro atoms. The molecule has 4 heterocycles. The summed E-state index contributed by atoms with van der Waals surface area (Å²) in [5.74, 6) is 1.33. The first-order chi connectivity index (χ1) is 16.0. The number of carbonyl (C=O) groups excluding carboxylic acids is 2. The molecule has 0 aliphatic carbocycles. The van der Waals surface area contributed by atoms with Gasteiger partial charge in [0.15, 0.2) is 5.69 Å². The monoisotopic (exact) mass is 446 g/mol. The molecule has 2 amide bonds. The van der Waals surface area contributed by atoms with Gasteiger partial charge in [0.25, 0.3) is 5.91 Å². The maximum Gasteiger partial charge on any atom is 0.278 e. The van der Waals surface area contributed by atoms with Gasteiger partial charge in [0.1, 0.15) is 17.3 Å². The van der Waals surface area contributed by atoms with Crippen molar-refractivity contribution in [1.29, 1.82) is 0 Å². The van der Waals surface area contributed by atoms with Gasteiger partial charge in [-0.05, 0) is 43.8 Å². The standard InChI is InChI=1S/C24H26N6O3/c1-15-19-8-9-20(31)30(13-10-17-6-4-3-5-7-17)23(19)26-22(25-15)18-11-12-29(14-18)24(32)21-16(2)27-33-28-21/h3-7,18H,8-14H2,1-2H3/t18-/m0/s1. The summed E-state index contributed by atoms with van der Waals surface area (Å²) in [5.41, 5.74) is 3.87. The number of hydrogen-bond donors (Lipinski definition) is 0. The smallest absolute Gasteiger partial charge is 0.278 e. The van der Waals surface area contributed by atoms with Crippen molar-refractivity contribution in [2.75, 3.05) is 24.5 Å². The van der Waals surface area contributed by atoms with Crippen molar-refractivity contribution in [1.82, 2.24) is 25.2 Å². The molecule has 2 aliphatic rings. The summed E-state index contributed by atoms with van der Waals surface area (Å²) in [5, 5.41) is 7.45. The molecule has 0 bridgehead atoms. The van der Waals surface area contributed by atoms with Gasteiger partial charge in [-0.15, -0.1) is 0 Å². The Kier molecular flexibility index (Phi) is 5.62. The van der Waals surface area contributed by atoms with Gasteiger partial charge >= 0.3 is 0 Å². The van der Waals surface area contributed by atoms with Crippen molar-refractivity contribution in [3.8, 4) is 0 Å². The van der Waals surface area contributed by atoms with E-state index < -0.39 is 0 Å². The molecule has 5 rings (SSSR count). The molecule has 2 aliphatic heterocycles. The van der Waals surface area contributed by atoms with E-state index in [-0.39, 0.29) is 23.4 Å². The molecule has 0 N–H and O–H groups in total. The highest BCUT2D eigenvalue weighted by Crippen LogP contribution is 2.32. The van der Waals surface area contributed by atoms with Crippen LogP contribution in [0.2, 0.25) is 0 Å². The number of anilines is 1. The minimum absolute atomic E-state index is 0.00567. The van der Waals surface area contributed by atoms with Crippen LogP contribution < -0.4 is 4.90 Å². The second kappa shape index (κ2) is 8.73. The zero-order valence-electron chi connectivity index (χ0n) is 18.8. The summed E-state index contributed by atoms with van der Waals surface area (Å²) in [6.45, 7) is 5.36. The van der Waals surface area contributed by atoms with Gasteiger partial charge in [0.05, 0.1) is 0 Å². The van der Waals surface area contributed by atoms with Crippen molar-refractivity contribution in [2.24, 2.45) is 0 Å². The fraction of sp³-hybridized carbons (Fsp3) is 0.417. The van der Waals surface area contributed by atoms with E-state index >= 15 is 0 Å². The van der Waals surface area contributed by atoms with Crippen molar-refractivity contribution in [3.05, 3.63) is 64.4 Å². The second-order valence-corrected chi connectivity index (χ2v) is 8.69. The third-order valence-electron chi connectivity index (χ3n) is 6.52. The third kappa shape index (κ3) is 4.10. The van der Waals surface area contributed by atoms with Crippen LogP contribution in [-0.2, 0) is 17.6 Å². The summed E-state index contributed by atoms with van der Waals surface area (Å²) < 4.78 is 4.68. The summed E-state index contributed by atoms with van der Waals surface area (Å²) in [7, 11) is 0. The van der Waals surface area contributed by atoms with Crippen molar-refractivity contribution < 1.29 is 14.2 Å². The van der Waals surface area contributed by atoms with Gasteiger partial charge in [-0.2, -0.15) is 0 Å². The van der Waals surface area contributed by atoms with Gasteiger partial charge in [0.2, 0.25) is 5.91 Å². The predicted molar refractivity (Wildman–Crippen MR) is 120 cm³/mol. The molecule has 1 atom stereocenters. The van der Waals surface area contributed by atoms with Gasteiger partial charge < -0.3 is 4.90 Å². The van der Waals surface area contributed by atoms with Gasteiger partial charge in [-0.1, -0.05) is 35.5 Å². The number of aryl methyl sites for hydroxylation is 2. The molecule has 1 saturated heterocycles. The van der Waals surface area contributed by atoms with E-state index in [9.17, 15) is 9.59 Å². The number of likely N-dealkylation sites (tertiary alicyclic amines) is 1. The predicted octanol–water partition coefficient (Wildman–Crippen LogP) is 2.63. The molecule has 1 aromatic carbocycles. The maximum atomic E-state index is 12.8. The molecule has 9 heteroatoms. The van der Waals surface area contributed by atoms with E-state index in [0.717, 1.165) is 29.9 Å². The molecule has 0 saturated carbocycles. The van der Waals surface area contributed by atoms with Crippen LogP contribution in [0, 0.1) is 13.8 Å². The van der Waals surface area contributed by atoms with Crippen LogP contribution in [0.1, 0.15) is 57.6 Å². The fourth-order valence-electron chi connectivity index (χ4n) is 4.63. The molecule has 1 fully saturated rings. The molecule has 170 valence electrons. The van der Waals surface area contributed by atoms with E-state index in [1.54, 1.807) is 11.8 Å². The molecule has 0 unspecified atom stereocenters. The summed E-state index contributed by atoms with van der Waals surface area (Å²) in [6.07, 6.45) is 2.66. The average molecular weight is 447 g/mol. The van der Waals surface area contributed by atoms with Gasteiger partial charge in [-0.3, -0.25) is 14.5 Å². The first-order valence-electron chi connectivity index (χ1n) is 11.3. The van der Waals surface area contributed by atoms with E-state index in [4.69, 9.17) is 9.97 Å². The Labute approximate surface area is 191 Å². The molecule has 3 aromatic rings. The van der Waals surface area contributed by atoms with Crippen LogP contribution in [-0.4, -0.2) is 56.6 Å². The van der Waals surface area contributed by atoms with Gasteiger partial charge in [-0.25, -0.2) is 14.6 Å². The number of carbonyl (C=O) groups is 2. The van der Waals surface area contributed by atoms with Crippen LogP contribution in [0.3, 0.4) is 0 Å². The van der Waals surface area contributed by atoms with E-state index in [0.29, 0.717) is 44.0 Å². The lowest BCUT2D eigenvalue weighted by Crippen LogP contribution is -2.38. The molecular weight excluding hydrogens is 420 g/mol. The summed E-state index contributed by atoms with van der Waals surface area (Å²) >= 11 is 0. The van der Waals surface area contributed by atoms with Crippen molar-refractivity contribution >= 4 is 17.6 Å². The van der Waals surface area contributed by atoms with Gasteiger partial charge in [0, 0.05) is 43.2 Å². The number of nitrogens with zero attached hydrogens (tertiary/aromatic N) is 6. The van der Waals surface area contributed by atoms with Crippen LogP contribution in [0.25, 0.3) is 0 Å². The minimum atomic E-state index is -0.189. The number of fused-ring (bicyclic) bond motifs is 1. The molecule has 0 radical (unpaired) electrons. The fourth-order valence-corrected chi connectivity index (χ4v) is 4.63. The maximum absolute atomic E-state index is 12.8. The third-order valence-corrected chi connectivity index (χ3v) is 6.52.